The molecule has 0 unspecified atom stereocenters. The van der Waals surface area contributed by atoms with Crippen molar-refractivity contribution in [1.29, 1.82) is 0 Å². The third kappa shape index (κ3) is 1.56. The minimum atomic E-state index is 0.624. The lowest BCUT2D eigenvalue weighted by Gasteiger charge is -2.21. The second-order valence-electron chi connectivity index (χ2n) is 3.55. The number of carbonyl (C=O) groups excluding carboxylic acids is 1. The maximum Gasteiger partial charge on any atom is 0.170 e. The second-order valence-corrected chi connectivity index (χ2v) is 3.55. The molecule has 4 nitrogen and oxygen atoms in total. The van der Waals surface area contributed by atoms with Crippen LogP contribution in [0.5, 0.6) is 0 Å². The van der Waals surface area contributed by atoms with Crippen LogP contribution < -0.4 is 5.01 Å². The smallest absolute Gasteiger partial charge is 0.170 e. The zero-order valence-corrected chi connectivity index (χ0v) is 9.55. The summed E-state index contributed by atoms with van der Waals surface area (Å²) < 4.78 is 0. The first-order chi connectivity index (χ1) is 7.81. The van der Waals surface area contributed by atoms with Crippen molar-refractivity contribution in [3.63, 3.8) is 0 Å². The van der Waals surface area contributed by atoms with E-state index in [2.05, 4.69) is 5.10 Å². The van der Waals surface area contributed by atoms with Crippen molar-refractivity contribution in [3.8, 4) is 0 Å². The van der Waals surface area contributed by atoms with E-state index in [-0.39, 0.29) is 0 Å². The van der Waals surface area contributed by atoms with Crippen LogP contribution in [0.25, 0.3) is 10.9 Å². The highest BCUT2D eigenvalue weighted by molar-refractivity contribution is 5.95. The molecule has 0 amide bonds. The molecule has 84 valence electrons. The summed E-state index contributed by atoms with van der Waals surface area (Å²) in [7, 11) is 0. The molecule has 1 heterocycles. The Hall–Kier alpha value is -1.84. The number of aldehydes is 1. The van der Waals surface area contributed by atoms with E-state index in [0.29, 0.717) is 5.69 Å². The average molecular weight is 217 g/mol. The molecule has 0 radical (unpaired) electrons. The Morgan fingerprint density at radius 1 is 1.31 bits per heavy atom. The predicted molar refractivity (Wildman–Crippen MR) is 64.4 cm³/mol. The highest BCUT2D eigenvalue weighted by atomic mass is 16.1. The summed E-state index contributed by atoms with van der Waals surface area (Å²) in [5.74, 6) is 0. The van der Waals surface area contributed by atoms with Gasteiger partial charge in [-0.15, -0.1) is 0 Å². The third-order valence-corrected chi connectivity index (χ3v) is 2.71. The van der Waals surface area contributed by atoms with Gasteiger partial charge in [-0.25, -0.2) is 0 Å². The van der Waals surface area contributed by atoms with Crippen LogP contribution in [-0.4, -0.2) is 29.3 Å². The summed E-state index contributed by atoms with van der Waals surface area (Å²) in [6, 6.07) is 7.69. The van der Waals surface area contributed by atoms with E-state index >= 15 is 0 Å². The number of benzene rings is 1. The molecule has 0 aliphatic rings. The Kier molecular flexibility index (Phi) is 2.90. The normalized spacial score (nSPS) is 10.6. The van der Waals surface area contributed by atoms with Gasteiger partial charge in [0, 0.05) is 18.5 Å². The molecular formula is C12H15N3O. The maximum absolute atomic E-state index is 11.2. The zero-order valence-electron chi connectivity index (χ0n) is 9.55. The Labute approximate surface area is 94.4 Å². The highest BCUT2D eigenvalue weighted by Crippen LogP contribution is 2.16. The van der Waals surface area contributed by atoms with Crippen molar-refractivity contribution in [2.45, 2.75) is 13.8 Å². The predicted octanol–water partition coefficient (Wildman–Crippen LogP) is 1.83. The summed E-state index contributed by atoms with van der Waals surface area (Å²) in [5, 5.41) is 7.36. The molecule has 0 spiro atoms. The highest BCUT2D eigenvalue weighted by Gasteiger charge is 2.12. The second kappa shape index (κ2) is 4.35. The van der Waals surface area contributed by atoms with Crippen LogP contribution in [0.4, 0.5) is 0 Å². The number of carbonyl (C=O) groups is 1. The monoisotopic (exact) mass is 217 g/mol. The molecule has 2 rings (SSSR count). The van der Waals surface area contributed by atoms with E-state index in [9.17, 15) is 4.79 Å². The molecular weight excluding hydrogens is 202 g/mol. The molecule has 0 fully saturated rings. The first kappa shape index (κ1) is 10.7. The standard InChI is InChI=1S/C12H15N3O/c1-3-14(4-2)15-12(9-16)10-7-5-6-8-11(10)13-15/h5-9H,3-4H2,1-2H3. The van der Waals surface area contributed by atoms with Crippen LogP contribution in [0.1, 0.15) is 24.3 Å². The molecule has 0 saturated carbocycles. The first-order valence-electron chi connectivity index (χ1n) is 5.50. The Balaban J connectivity index is 2.64. The van der Waals surface area contributed by atoms with Crippen molar-refractivity contribution in [1.82, 2.24) is 9.89 Å². The van der Waals surface area contributed by atoms with Crippen molar-refractivity contribution in [2.24, 2.45) is 0 Å². The van der Waals surface area contributed by atoms with Crippen LogP contribution in [0.3, 0.4) is 0 Å². The van der Waals surface area contributed by atoms with Gasteiger partial charge in [0.1, 0.15) is 5.69 Å². The molecule has 0 saturated heterocycles. The van der Waals surface area contributed by atoms with Gasteiger partial charge in [0.15, 0.2) is 6.29 Å². The molecule has 0 N–H and O–H groups in total. The average Bonchev–Trinajstić information content (AvgIpc) is 2.69. The summed E-state index contributed by atoms with van der Waals surface area (Å²) in [5.41, 5.74) is 1.48. The Morgan fingerprint density at radius 2 is 2.00 bits per heavy atom. The molecule has 0 aliphatic heterocycles. The van der Waals surface area contributed by atoms with Gasteiger partial charge in [-0.05, 0) is 19.9 Å². The van der Waals surface area contributed by atoms with Gasteiger partial charge in [0.2, 0.25) is 0 Å². The van der Waals surface area contributed by atoms with Gasteiger partial charge in [-0.1, -0.05) is 18.2 Å². The molecule has 2 aromatic rings. The number of nitrogens with zero attached hydrogens (tertiary/aromatic N) is 3. The minimum Gasteiger partial charge on any atom is -0.297 e. The lowest BCUT2D eigenvalue weighted by atomic mass is 10.2. The molecule has 4 heteroatoms. The maximum atomic E-state index is 11.2. The third-order valence-electron chi connectivity index (χ3n) is 2.71. The van der Waals surface area contributed by atoms with Gasteiger partial charge < -0.3 is 0 Å². The van der Waals surface area contributed by atoms with E-state index in [1.807, 2.05) is 43.1 Å². The quantitative estimate of drug-likeness (QED) is 0.733. The fraction of sp³-hybridized carbons (Fsp3) is 0.333. The van der Waals surface area contributed by atoms with Gasteiger partial charge in [0.25, 0.3) is 0 Å². The zero-order chi connectivity index (χ0) is 11.5. The van der Waals surface area contributed by atoms with Gasteiger partial charge in [-0.2, -0.15) is 9.89 Å². The van der Waals surface area contributed by atoms with E-state index in [0.717, 1.165) is 30.3 Å². The number of hydrogen-bond acceptors (Lipinski definition) is 3. The van der Waals surface area contributed by atoms with Crippen LogP contribution >= 0.6 is 0 Å². The fourth-order valence-electron chi connectivity index (χ4n) is 1.86. The van der Waals surface area contributed by atoms with Crippen LogP contribution in [-0.2, 0) is 0 Å². The van der Waals surface area contributed by atoms with E-state index in [1.165, 1.54) is 0 Å². The summed E-state index contributed by atoms with van der Waals surface area (Å²) in [6.45, 7) is 5.74. The summed E-state index contributed by atoms with van der Waals surface area (Å²) in [6.07, 6.45) is 0.869. The molecule has 0 atom stereocenters. The van der Waals surface area contributed by atoms with Gasteiger partial charge in [0.05, 0.1) is 5.52 Å². The van der Waals surface area contributed by atoms with Gasteiger partial charge in [-0.3, -0.25) is 9.80 Å². The molecule has 1 aromatic heterocycles. The Bertz CT molecular complexity index is 500. The van der Waals surface area contributed by atoms with Crippen molar-refractivity contribution in [2.75, 3.05) is 18.1 Å². The topological polar surface area (TPSA) is 38.1 Å². The first-order valence-corrected chi connectivity index (χ1v) is 5.50. The SMILES string of the molecule is CCN(CC)n1nc2ccccc2c1C=O. The molecule has 16 heavy (non-hydrogen) atoms. The van der Waals surface area contributed by atoms with Crippen molar-refractivity contribution < 1.29 is 4.79 Å². The molecule has 0 aliphatic carbocycles. The van der Waals surface area contributed by atoms with E-state index < -0.39 is 0 Å². The molecule has 0 bridgehead atoms. The summed E-state index contributed by atoms with van der Waals surface area (Å²) >= 11 is 0. The van der Waals surface area contributed by atoms with Crippen LogP contribution in [0.15, 0.2) is 24.3 Å². The van der Waals surface area contributed by atoms with Gasteiger partial charge >= 0.3 is 0 Å². The molecule has 1 aromatic carbocycles. The fourth-order valence-corrected chi connectivity index (χ4v) is 1.86. The van der Waals surface area contributed by atoms with Crippen molar-refractivity contribution in [3.05, 3.63) is 30.0 Å². The number of aromatic nitrogens is 2. The number of fused-ring (bicyclic) bond motifs is 1. The van der Waals surface area contributed by atoms with Crippen LogP contribution in [0, 0.1) is 0 Å². The van der Waals surface area contributed by atoms with E-state index in [1.54, 1.807) is 4.79 Å². The summed E-state index contributed by atoms with van der Waals surface area (Å²) in [4.78, 5) is 12.9. The van der Waals surface area contributed by atoms with Crippen molar-refractivity contribution >= 4 is 17.2 Å². The number of hydrogen-bond donors (Lipinski definition) is 0. The minimum absolute atomic E-state index is 0.624. The number of rotatable bonds is 4. The van der Waals surface area contributed by atoms with E-state index in [4.69, 9.17) is 0 Å². The van der Waals surface area contributed by atoms with Crippen LogP contribution in [0.2, 0.25) is 0 Å². The lowest BCUT2D eigenvalue weighted by Crippen LogP contribution is -2.36. The Morgan fingerprint density at radius 3 is 2.62 bits per heavy atom. The lowest BCUT2D eigenvalue weighted by molar-refractivity contribution is 0.111. The largest absolute Gasteiger partial charge is 0.297 e.